The standard InChI is InChI=1S/C14H21NO2/c1-16-12-5-3-4-10(8-12)9-13(15)14(17-2)11-6-7-11/h3-5,8,11,13-14H,6-7,9,15H2,1-2H3. The van der Waals surface area contributed by atoms with Crippen molar-refractivity contribution < 1.29 is 9.47 Å². The molecule has 3 heteroatoms. The maximum absolute atomic E-state index is 6.23. The first-order valence-corrected chi connectivity index (χ1v) is 6.16. The van der Waals surface area contributed by atoms with Crippen molar-refractivity contribution in [1.82, 2.24) is 0 Å². The van der Waals surface area contributed by atoms with E-state index >= 15 is 0 Å². The average Bonchev–Trinajstić information content (AvgIpc) is 3.15. The van der Waals surface area contributed by atoms with Gasteiger partial charge in [-0.1, -0.05) is 12.1 Å². The number of ether oxygens (including phenoxy) is 2. The molecule has 3 nitrogen and oxygen atoms in total. The molecule has 0 radical (unpaired) electrons. The van der Waals surface area contributed by atoms with Gasteiger partial charge in [-0.15, -0.1) is 0 Å². The normalized spacial score (nSPS) is 18.8. The van der Waals surface area contributed by atoms with Crippen molar-refractivity contribution >= 4 is 0 Å². The highest BCUT2D eigenvalue weighted by Crippen LogP contribution is 2.35. The molecule has 2 N–H and O–H groups in total. The predicted molar refractivity (Wildman–Crippen MR) is 68.2 cm³/mol. The van der Waals surface area contributed by atoms with E-state index in [2.05, 4.69) is 6.07 Å². The number of methoxy groups -OCH3 is 2. The first-order valence-electron chi connectivity index (χ1n) is 6.16. The SMILES string of the molecule is COc1cccc(CC(N)C(OC)C2CC2)c1. The van der Waals surface area contributed by atoms with Crippen LogP contribution in [0.25, 0.3) is 0 Å². The number of hydrogen-bond acceptors (Lipinski definition) is 3. The lowest BCUT2D eigenvalue weighted by Crippen LogP contribution is -2.39. The minimum Gasteiger partial charge on any atom is -0.497 e. The molecule has 0 saturated heterocycles. The summed E-state index contributed by atoms with van der Waals surface area (Å²) < 4.78 is 10.7. The molecular formula is C14H21NO2. The van der Waals surface area contributed by atoms with Gasteiger partial charge in [0.2, 0.25) is 0 Å². The second-order valence-electron chi connectivity index (χ2n) is 4.76. The quantitative estimate of drug-likeness (QED) is 0.820. The van der Waals surface area contributed by atoms with Crippen LogP contribution in [0.5, 0.6) is 5.75 Å². The molecule has 2 atom stereocenters. The molecule has 2 rings (SSSR count). The fraction of sp³-hybridized carbons (Fsp3) is 0.571. The van der Waals surface area contributed by atoms with Crippen molar-refractivity contribution in [3.8, 4) is 5.75 Å². The second kappa shape index (κ2) is 5.52. The molecule has 1 aromatic rings. The summed E-state index contributed by atoms with van der Waals surface area (Å²) >= 11 is 0. The monoisotopic (exact) mass is 235 g/mol. The Morgan fingerprint density at radius 2 is 2.12 bits per heavy atom. The van der Waals surface area contributed by atoms with E-state index < -0.39 is 0 Å². The van der Waals surface area contributed by atoms with Crippen molar-refractivity contribution in [2.45, 2.75) is 31.4 Å². The van der Waals surface area contributed by atoms with Gasteiger partial charge in [-0.05, 0) is 42.9 Å². The zero-order valence-electron chi connectivity index (χ0n) is 10.6. The Bertz CT molecular complexity index is 363. The predicted octanol–water partition coefficient (Wildman–Crippen LogP) is 1.99. The lowest BCUT2D eigenvalue weighted by atomic mass is 9.99. The third-order valence-electron chi connectivity index (χ3n) is 3.39. The van der Waals surface area contributed by atoms with Gasteiger partial charge in [-0.3, -0.25) is 0 Å². The third kappa shape index (κ3) is 3.20. The van der Waals surface area contributed by atoms with Crippen LogP contribution < -0.4 is 10.5 Å². The Kier molecular flexibility index (Phi) is 4.02. The van der Waals surface area contributed by atoms with E-state index in [0.29, 0.717) is 5.92 Å². The molecule has 0 aromatic heterocycles. The summed E-state index contributed by atoms with van der Waals surface area (Å²) in [6.45, 7) is 0. The minimum atomic E-state index is 0.0691. The number of benzene rings is 1. The molecule has 1 saturated carbocycles. The Balaban J connectivity index is 1.98. The van der Waals surface area contributed by atoms with Crippen LogP contribution in [0.4, 0.5) is 0 Å². The molecule has 17 heavy (non-hydrogen) atoms. The molecule has 1 fully saturated rings. The van der Waals surface area contributed by atoms with E-state index in [0.717, 1.165) is 12.2 Å². The van der Waals surface area contributed by atoms with Crippen LogP contribution in [-0.2, 0) is 11.2 Å². The Hall–Kier alpha value is -1.06. The average molecular weight is 235 g/mol. The Morgan fingerprint density at radius 3 is 2.71 bits per heavy atom. The summed E-state index contributed by atoms with van der Waals surface area (Å²) in [7, 11) is 3.44. The first kappa shape index (κ1) is 12.4. The lowest BCUT2D eigenvalue weighted by Gasteiger charge is -2.22. The Morgan fingerprint density at radius 1 is 1.35 bits per heavy atom. The molecule has 0 bridgehead atoms. The lowest BCUT2D eigenvalue weighted by molar-refractivity contribution is 0.0626. The van der Waals surface area contributed by atoms with Crippen LogP contribution in [-0.4, -0.2) is 26.4 Å². The van der Waals surface area contributed by atoms with Gasteiger partial charge in [0, 0.05) is 13.2 Å². The second-order valence-corrected chi connectivity index (χ2v) is 4.76. The van der Waals surface area contributed by atoms with Gasteiger partial charge in [-0.2, -0.15) is 0 Å². The summed E-state index contributed by atoms with van der Waals surface area (Å²) in [5.74, 6) is 1.55. The fourth-order valence-corrected chi connectivity index (χ4v) is 2.33. The molecule has 2 unspecified atom stereocenters. The zero-order chi connectivity index (χ0) is 12.3. The van der Waals surface area contributed by atoms with Crippen LogP contribution in [0.3, 0.4) is 0 Å². The van der Waals surface area contributed by atoms with E-state index in [9.17, 15) is 0 Å². The summed E-state index contributed by atoms with van der Waals surface area (Å²) in [4.78, 5) is 0. The van der Waals surface area contributed by atoms with Gasteiger partial charge in [0.1, 0.15) is 5.75 Å². The van der Waals surface area contributed by atoms with Gasteiger partial charge in [0.05, 0.1) is 13.2 Å². The summed E-state index contributed by atoms with van der Waals surface area (Å²) in [5.41, 5.74) is 7.44. The van der Waals surface area contributed by atoms with E-state index in [4.69, 9.17) is 15.2 Å². The zero-order valence-corrected chi connectivity index (χ0v) is 10.6. The van der Waals surface area contributed by atoms with Crippen molar-refractivity contribution in [2.24, 2.45) is 11.7 Å². The summed E-state index contributed by atoms with van der Waals surface area (Å²) in [6, 6.07) is 8.14. The minimum absolute atomic E-state index is 0.0691. The molecule has 1 aliphatic rings. The van der Waals surface area contributed by atoms with E-state index in [1.165, 1.54) is 18.4 Å². The highest BCUT2D eigenvalue weighted by atomic mass is 16.5. The first-order chi connectivity index (χ1) is 8.24. The van der Waals surface area contributed by atoms with E-state index in [-0.39, 0.29) is 12.1 Å². The summed E-state index contributed by atoms with van der Waals surface area (Å²) in [6.07, 6.45) is 3.54. The van der Waals surface area contributed by atoms with Gasteiger partial charge in [-0.25, -0.2) is 0 Å². The van der Waals surface area contributed by atoms with Crippen LogP contribution in [0.1, 0.15) is 18.4 Å². The molecular weight excluding hydrogens is 214 g/mol. The van der Waals surface area contributed by atoms with E-state index in [1.54, 1.807) is 14.2 Å². The van der Waals surface area contributed by atoms with Crippen molar-refractivity contribution in [3.63, 3.8) is 0 Å². The fourth-order valence-electron chi connectivity index (χ4n) is 2.33. The van der Waals surface area contributed by atoms with Gasteiger partial charge in [0.25, 0.3) is 0 Å². The van der Waals surface area contributed by atoms with Gasteiger partial charge in [0.15, 0.2) is 0 Å². The smallest absolute Gasteiger partial charge is 0.119 e. The highest BCUT2D eigenvalue weighted by Gasteiger charge is 2.35. The van der Waals surface area contributed by atoms with Crippen molar-refractivity contribution in [3.05, 3.63) is 29.8 Å². The van der Waals surface area contributed by atoms with Gasteiger partial charge < -0.3 is 15.2 Å². The largest absolute Gasteiger partial charge is 0.497 e. The third-order valence-corrected chi connectivity index (χ3v) is 3.39. The molecule has 0 spiro atoms. The maximum atomic E-state index is 6.23. The molecule has 1 aliphatic carbocycles. The maximum Gasteiger partial charge on any atom is 0.119 e. The topological polar surface area (TPSA) is 44.5 Å². The molecule has 0 aliphatic heterocycles. The number of rotatable bonds is 6. The van der Waals surface area contributed by atoms with E-state index in [1.807, 2.05) is 18.2 Å². The van der Waals surface area contributed by atoms with Crippen LogP contribution in [0.2, 0.25) is 0 Å². The van der Waals surface area contributed by atoms with Gasteiger partial charge >= 0.3 is 0 Å². The Labute approximate surface area is 103 Å². The summed E-state index contributed by atoms with van der Waals surface area (Å²) in [5, 5.41) is 0. The number of hydrogen-bond donors (Lipinski definition) is 1. The van der Waals surface area contributed by atoms with Crippen LogP contribution in [0, 0.1) is 5.92 Å². The van der Waals surface area contributed by atoms with Crippen LogP contribution >= 0.6 is 0 Å². The van der Waals surface area contributed by atoms with Crippen molar-refractivity contribution in [2.75, 3.05) is 14.2 Å². The molecule has 1 aromatic carbocycles. The molecule has 0 heterocycles. The molecule has 94 valence electrons. The highest BCUT2D eigenvalue weighted by molar-refractivity contribution is 5.29. The van der Waals surface area contributed by atoms with Crippen LogP contribution in [0.15, 0.2) is 24.3 Å². The number of nitrogens with two attached hydrogens (primary N) is 1. The van der Waals surface area contributed by atoms with Crippen molar-refractivity contribution in [1.29, 1.82) is 0 Å². The molecule has 0 amide bonds.